The number of esters is 1. The summed E-state index contributed by atoms with van der Waals surface area (Å²) < 4.78 is 9.92. The van der Waals surface area contributed by atoms with Crippen molar-refractivity contribution in [3.63, 3.8) is 0 Å². The van der Waals surface area contributed by atoms with Gasteiger partial charge in [0.25, 0.3) is 0 Å². The number of amides is 1. The molecule has 0 radical (unpaired) electrons. The fourth-order valence-electron chi connectivity index (χ4n) is 2.11. The Morgan fingerprint density at radius 2 is 1.72 bits per heavy atom. The highest BCUT2D eigenvalue weighted by molar-refractivity contribution is 5.72. The zero-order valence-electron chi connectivity index (χ0n) is 11.6. The standard InChI is InChI=1S/C13H23NO4.H2/c1-13(2,3)18-12(16)14-10-7-5-9(6-8-10)11(15)17-4;/h9-10H,5-8H2,1-4H3,(H,14,16);1H. The van der Waals surface area contributed by atoms with Crippen LogP contribution >= 0.6 is 0 Å². The fourth-order valence-corrected chi connectivity index (χ4v) is 2.11. The minimum Gasteiger partial charge on any atom is -0.469 e. The van der Waals surface area contributed by atoms with E-state index in [2.05, 4.69) is 5.32 Å². The smallest absolute Gasteiger partial charge is 0.407 e. The molecule has 0 aromatic carbocycles. The largest absolute Gasteiger partial charge is 0.469 e. The zero-order valence-corrected chi connectivity index (χ0v) is 11.6. The van der Waals surface area contributed by atoms with Gasteiger partial charge in [-0.3, -0.25) is 4.79 Å². The quantitative estimate of drug-likeness (QED) is 0.774. The molecule has 1 rings (SSSR count). The summed E-state index contributed by atoms with van der Waals surface area (Å²) >= 11 is 0. The molecule has 1 N–H and O–H groups in total. The molecule has 0 aliphatic heterocycles. The Kier molecular flexibility index (Phi) is 4.99. The van der Waals surface area contributed by atoms with Crippen molar-refractivity contribution in [3.05, 3.63) is 0 Å². The first-order valence-electron chi connectivity index (χ1n) is 6.39. The van der Waals surface area contributed by atoms with Gasteiger partial charge in [0.15, 0.2) is 0 Å². The number of carbonyl (C=O) groups is 2. The van der Waals surface area contributed by atoms with Crippen molar-refractivity contribution in [2.75, 3.05) is 7.11 Å². The molecule has 5 nitrogen and oxygen atoms in total. The third-order valence-corrected chi connectivity index (χ3v) is 2.98. The lowest BCUT2D eigenvalue weighted by Crippen LogP contribution is -2.41. The van der Waals surface area contributed by atoms with Gasteiger partial charge in [0.2, 0.25) is 0 Å². The average molecular weight is 259 g/mol. The van der Waals surface area contributed by atoms with Crippen molar-refractivity contribution in [3.8, 4) is 0 Å². The highest BCUT2D eigenvalue weighted by atomic mass is 16.6. The van der Waals surface area contributed by atoms with E-state index >= 15 is 0 Å². The molecule has 0 atom stereocenters. The van der Waals surface area contributed by atoms with Gasteiger partial charge in [0.05, 0.1) is 13.0 Å². The van der Waals surface area contributed by atoms with E-state index in [1.54, 1.807) is 0 Å². The Morgan fingerprint density at radius 3 is 2.17 bits per heavy atom. The topological polar surface area (TPSA) is 64.6 Å². The van der Waals surface area contributed by atoms with Gasteiger partial charge in [-0.15, -0.1) is 0 Å². The van der Waals surface area contributed by atoms with E-state index in [9.17, 15) is 9.59 Å². The van der Waals surface area contributed by atoms with E-state index in [0.717, 1.165) is 25.7 Å². The number of hydrogen-bond acceptors (Lipinski definition) is 4. The third-order valence-electron chi connectivity index (χ3n) is 2.98. The van der Waals surface area contributed by atoms with Crippen molar-refractivity contribution in [2.24, 2.45) is 5.92 Å². The molecule has 1 aliphatic rings. The first kappa shape index (κ1) is 14.8. The minimum absolute atomic E-state index is 0. The van der Waals surface area contributed by atoms with E-state index in [1.165, 1.54) is 7.11 Å². The predicted molar refractivity (Wildman–Crippen MR) is 69.2 cm³/mol. The summed E-state index contributed by atoms with van der Waals surface area (Å²) in [6.45, 7) is 5.50. The van der Waals surface area contributed by atoms with Gasteiger partial charge < -0.3 is 14.8 Å². The Bertz CT molecular complexity index is 306. The summed E-state index contributed by atoms with van der Waals surface area (Å²) in [6.07, 6.45) is 2.71. The molecule has 18 heavy (non-hydrogen) atoms. The first-order valence-corrected chi connectivity index (χ1v) is 6.39. The number of methoxy groups -OCH3 is 1. The van der Waals surface area contributed by atoms with Crippen LogP contribution in [0.4, 0.5) is 4.79 Å². The summed E-state index contributed by atoms with van der Waals surface area (Å²) in [5.41, 5.74) is -0.479. The van der Waals surface area contributed by atoms with Crippen LogP contribution in [0.1, 0.15) is 47.9 Å². The van der Waals surface area contributed by atoms with Crippen LogP contribution in [-0.4, -0.2) is 30.8 Å². The zero-order chi connectivity index (χ0) is 13.8. The SMILES string of the molecule is COC(=O)C1CCC(NC(=O)OC(C)(C)C)CC1.[HH]. The van der Waals surface area contributed by atoms with Crippen molar-refractivity contribution in [2.45, 2.75) is 58.1 Å². The summed E-state index contributed by atoms with van der Waals surface area (Å²) in [7, 11) is 1.41. The first-order chi connectivity index (χ1) is 8.31. The lowest BCUT2D eigenvalue weighted by molar-refractivity contribution is -0.146. The number of nitrogens with one attached hydrogen (secondary N) is 1. The molecular weight excluding hydrogens is 234 g/mol. The molecule has 0 aromatic heterocycles. The van der Waals surface area contributed by atoms with E-state index in [4.69, 9.17) is 9.47 Å². The van der Waals surface area contributed by atoms with Gasteiger partial charge in [-0.2, -0.15) is 0 Å². The average Bonchev–Trinajstić information content (AvgIpc) is 2.26. The number of carbonyl (C=O) groups excluding carboxylic acids is 2. The Hall–Kier alpha value is -1.26. The molecule has 0 unspecified atom stereocenters. The van der Waals surface area contributed by atoms with Crippen molar-refractivity contribution in [1.29, 1.82) is 0 Å². The molecule has 0 saturated heterocycles. The second kappa shape index (κ2) is 6.07. The van der Waals surface area contributed by atoms with Gasteiger partial charge in [-0.1, -0.05) is 0 Å². The fraction of sp³-hybridized carbons (Fsp3) is 0.846. The second-order valence-corrected chi connectivity index (χ2v) is 5.72. The molecule has 0 heterocycles. The van der Waals surface area contributed by atoms with Gasteiger partial charge in [0, 0.05) is 7.47 Å². The molecule has 0 bridgehead atoms. The molecule has 0 spiro atoms. The normalized spacial score (nSPS) is 24.2. The molecule has 1 fully saturated rings. The van der Waals surface area contributed by atoms with E-state index in [1.807, 2.05) is 20.8 Å². The Balaban J connectivity index is 0.00000324. The molecule has 0 aromatic rings. The molecule has 106 valence electrons. The number of ether oxygens (including phenoxy) is 2. The number of rotatable bonds is 2. The van der Waals surface area contributed by atoms with Crippen LogP contribution < -0.4 is 5.32 Å². The maximum absolute atomic E-state index is 11.6. The highest BCUT2D eigenvalue weighted by Gasteiger charge is 2.28. The molecule has 5 heteroatoms. The van der Waals surface area contributed by atoms with Gasteiger partial charge in [-0.25, -0.2) is 4.79 Å². The van der Waals surface area contributed by atoms with Crippen LogP contribution in [0.25, 0.3) is 0 Å². The minimum atomic E-state index is -0.479. The molecule has 1 saturated carbocycles. The van der Waals surface area contributed by atoms with E-state index in [0.29, 0.717) is 0 Å². The monoisotopic (exact) mass is 259 g/mol. The number of alkyl carbamates (subject to hydrolysis) is 1. The van der Waals surface area contributed by atoms with Crippen LogP contribution in [0.15, 0.2) is 0 Å². The van der Waals surface area contributed by atoms with E-state index in [-0.39, 0.29) is 25.4 Å². The highest BCUT2D eigenvalue weighted by Crippen LogP contribution is 2.25. The summed E-state index contributed by atoms with van der Waals surface area (Å²) in [4.78, 5) is 22.9. The molecular formula is C13H25NO4. The van der Waals surface area contributed by atoms with Crippen LogP contribution in [-0.2, 0) is 14.3 Å². The van der Waals surface area contributed by atoms with Crippen molar-refractivity contribution < 1.29 is 20.5 Å². The molecule has 1 amide bonds. The van der Waals surface area contributed by atoms with Crippen LogP contribution in [0.2, 0.25) is 0 Å². The maximum Gasteiger partial charge on any atom is 0.407 e. The van der Waals surface area contributed by atoms with Crippen LogP contribution in [0.3, 0.4) is 0 Å². The van der Waals surface area contributed by atoms with Gasteiger partial charge >= 0.3 is 12.1 Å². The maximum atomic E-state index is 11.6. The van der Waals surface area contributed by atoms with Gasteiger partial charge in [-0.05, 0) is 46.5 Å². The summed E-state index contributed by atoms with van der Waals surface area (Å²) in [5.74, 6) is -0.169. The van der Waals surface area contributed by atoms with Crippen LogP contribution in [0, 0.1) is 5.92 Å². The lowest BCUT2D eigenvalue weighted by Gasteiger charge is -2.28. The van der Waals surface area contributed by atoms with Gasteiger partial charge in [0.1, 0.15) is 5.60 Å². The number of hydrogen-bond donors (Lipinski definition) is 1. The van der Waals surface area contributed by atoms with Crippen LogP contribution in [0.5, 0.6) is 0 Å². The second-order valence-electron chi connectivity index (χ2n) is 5.72. The summed E-state index contributed by atoms with van der Waals surface area (Å²) in [6, 6.07) is 0.0979. The van der Waals surface area contributed by atoms with E-state index < -0.39 is 5.60 Å². The molecule has 1 aliphatic carbocycles. The van der Waals surface area contributed by atoms with Crippen molar-refractivity contribution >= 4 is 12.1 Å². The third kappa shape index (κ3) is 4.94. The lowest BCUT2D eigenvalue weighted by atomic mass is 9.86. The summed E-state index contributed by atoms with van der Waals surface area (Å²) in [5, 5.41) is 2.84. The Labute approximate surface area is 110 Å². The predicted octanol–water partition coefficient (Wildman–Crippen LogP) is 2.49. The van der Waals surface area contributed by atoms with Crippen molar-refractivity contribution in [1.82, 2.24) is 5.32 Å². The Morgan fingerprint density at radius 1 is 1.17 bits per heavy atom.